The largest absolute Gasteiger partial charge is 0.459 e. The lowest BCUT2D eigenvalue weighted by atomic mass is 9.94. The topological polar surface area (TPSA) is 53.3 Å². The van der Waals surface area contributed by atoms with Gasteiger partial charge in [0.25, 0.3) is 0 Å². The quantitative estimate of drug-likeness (QED) is 0.393. The number of halogens is 1. The van der Waals surface area contributed by atoms with Crippen LogP contribution in [0.1, 0.15) is 91.4 Å². The molecule has 166 valence electrons. The zero-order valence-corrected chi connectivity index (χ0v) is 20.8. The summed E-state index contributed by atoms with van der Waals surface area (Å²) in [6.07, 6.45) is 9.52. The van der Waals surface area contributed by atoms with Crippen LogP contribution in [-0.2, 0) is 20.7 Å². The van der Waals surface area contributed by atoms with Crippen LogP contribution >= 0.6 is 15.9 Å². The number of nitrogens with zero attached hydrogens (tertiary/aromatic N) is 2. The molecule has 1 aliphatic heterocycles. The average Bonchev–Trinajstić information content (AvgIpc) is 3.37. The van der Waals surface area contributed by atoms with Crippen molar-refractivity contribution >= 4 is 27.5 Å². The Morgan fingerprint density at radius 3 is 2.52 bits per heavy atom. The lowest BCUT2D eigenvalue weighted by molar-refractivity contribution is -0.152. The van der Waals surface area contributed by atoms with Gasteiger partial charge in [-0.3, -0.25) is 9.48 Å². The van der Waals surface area contributed by atoms with E-state index in [1.807, 2.05) is 45.5 Å². The maximum Gasteiger partial charge on any atom is 0.324 e. The molecule has 0 spiro atoms. The van der Waals surface area contributed by atoms with E-state index in [2.05, 4.69) is 41.0 Å². The molecule has 0 radical (unpaired) electrons. The molecule has 2 atom stereocenters. The molecule has 0 N–H and O–H groups in total. The van der Waals surface area contributed by atoms with E-state index in [1.165, 1.54) is 18.4 Å². The maximum absolute atomic E-state index is 12.5. The molecule has 3 rings (SSSR count). The van der Waals surface area contributed by atoms with Crippen molar-refractivity contribution in [3.63, 3.8) is 0 Å². The fourth-order valence-corrected chi connectivity index (χ4v) is 3.57. The first-order valence-electron chi connectivity index (χ1n) is 11.0. The highest BCUT2D eigenvalue weighted by atomic mass is 79.9. The minimum absolute atomic E-state index is 0.249. The van der Waals surface area contributed by atoms with E-state index in [0.717, 1.165) is 37.1 Å². The van der Waals surface area contributed by atoms with Crippen molar-refractivity contribution in [2.24, 2.45) is 0 Å². The molecule has 1 aromatic heterocycles. The van der Waals surface area contributed by atoms with E-state index in [1.54, 1.807) is 0 Å². The molecule has 6 heteroatoms. The molecule has 1 aromatic rings. The monoisotopic (exact) mass is 470 g/mol. The zero-order chi connectivity index (χ0) is 22.0. The van der Waals surface area contributed by atoms with Gasteiger partial charge in [-0.25, -0.2) is 0 Å². The minimum Gasteiger partial charge on any atom is -0.459 e. The second-order valence-electron chi connectivity index (χ2n) is 8.07. The normalized spacial score (nSPS) is 19.0. The van der Waals surface area contributed by atoms with Crippen LogP contribution in [0.4, 0.5) is 0 Å². The number of aryl methyl sites for hydroxylation is 1. The molecule has 2 heterocycles. The number of unbranched alkanes of at least 4 members (excludes halogenated alkanes) is 1. The van der Waals surface area contributed by atoms with E-state index < -0.39 is 10.4 Å². The summed E-state index contributed by atoms with van der Waals surface area (Å²) in [5.41, 5.74) is 2.72. The Morgan fingerprint density at radius 1 is 1.34 bits per heavy atom. The summed E-state index contributed by atoms with van der Waals surface area (Å²) in [5, 5.41) is 4.57. The molecule has 0 aromatic carbocycles. The predicted octanol–water partition coefficient (Wildman–Crippen LogP) is 6.11. The van der Waals surface area contributed by atoms with Crippen LogP contribution in [0, 0.1) is 0 Å². The molecular formula is C23H39BrN2O3. The van der Waals surface area contributed by atoms with Gasteiger partial charge in [0, 0.05) is 6.61 Å². The molecule has 2 aliphatic rings. The van der Waals surface area contributed by atoms with Crippen LogP contribution in [-0.4, -0.2) is 39.4 Å². The molecule has 29 heavy (non-hydrogen) atoms. The number of carbonyl (C=O) groups is 1. The summed E-state index contributed by atoms with van der Waals surface area (Å²) < 4.78 is 13.1. The Hall–Kier alpha value is -1.14. The summed E-state index contributed by atoms with van der Waals surface area (Å²) >= 11 is 3.54. The van der Waals surface area contributed by atoms with Gasteiger partial charge >= 0.3 is 5.97 Å². The van der Waals surface area contributed by atoms with Crippen molar-refractivity contribution < 1.29 is 14.3 Å². The molecule has 0 amide bonds. The van der Waals surface area contributed by atoms with Gasteiger partial charge in [-0.2, -0.15) is 5.10 Å². The summed E-state index contributed by atoms with van der Waals surface area (Å²) in [6.45, 7) is 15.4. The smallest absolute Gasteiger partial charge is 0.324 e. The minimum atomic E-state index is -0.499. The Labute approximate surface area is 185 Å². The molecule has 0 bridgehead atoms. The standard InChI is InChI=1S/C17H23BrN2O3.C4H10.C2H6/c1-17(2,3)23-16(21)14(18)13-6-4-5-11-9-19-20(15(11)13)12-7-8-22-10-12;1-3-4-2;1-2/h6,9,12,14H,4-5,7-8,10H2,1-3H3;3-4H2,1-2H3;1-2H3/t12-,14?;;/m1../s1. The number of rotatable bonds is 4. The predicted molar refractivity (Wildman–Crippen MR) is 123 cm³/mol. The Kier molecular flexibility index (Phi) is 11.2. The van der Waals surface area contributed by atoms with E-state index in [-0.39, 0.29) is 12.0 Å². The summed E-state index contributed by atoms with van der Waals surface area (Å²) in [6, 6.07) is 0.249. The lowest BCUT2D eigenvalue weighted by Crippen LogP contribution is -2.31. The first-order valence-corrected chi connectivity index (χ1v) is 11.9. The number of hydrogen-bond acceptors (Lipinski definition) is 4. The number of fused-ring (bicyclic) bond motifs is 1. The molecule has 1 aliphatic carbocycles. The van der Waals surface area contributed by atoms with E-state index in [9.17, 15) is 4.79 Å². The van der Waals surface area contributed by atoms with Crippen molar-refractivity contribution in [1.82, 2.24) is 9.78 Å². The summed E-state index contributed by atoms with van der Waals surface area (Å²) in [5.74, 6) is -0.257. The highest BCUT2D eigenvalue weighted by Gasteiger charge is 2.33. The van der Waals surface area contributed by atoms with Crippen LogP contribution in [0.5, 0.6) is 0 Å². The van der Waals surface area contributed by atoms with Crippen molar-refractivity contribution in [3.8, 4) is 0 Å². The van der Waals surface area contributed by atoms with E-state index in [4.69, 9.17) is 9.47 Å². The molecule has 1 fully saturated rings. The van der Waals surface area contributed by atoms with Crippen LogP contribution in [0.2, 0.25) is 0 Å². The van der Waals surface area contributed by atoms with Crippen molar-refractivity contribution in [3.05, 3.63) is 23.5 Å². The number of allylic oxidation sites excluding steroid dienone is 1. The van der Waals surface area contributed by atoms with Crippen LogP contribution < -0.4 is 0 Å². The van der Waals surface area contributed by atoms with Gasteiger partial charge in [0.15, 0.2) is 0 Å². The first kappa shape index (κ1) is 25.9. The third-order valence-corrected chi connectivity index (χ3v) is 5.43. The van der Waals surface area contributed by atoms with Crippen molar-refractivity contribution in [1.29, 1.82) is 0 Å². The van der Waals surface area contributed by atoms with Crippen LogP contribution in [0.3, 0.4) is 0 Å². The molecule has 1 saturated heterocycles. The lowest BCUT2D eigenvalue weighted by Gasteiger charge is -2.25. The average molecular weight is 471 g/mol. The number of hydrogen-bond donors (Lipinski definition) is 0. The number of alkyl halides is 1. The Balaban J connectivity index is 0.000000627. The number of carbonyl (C=O) groups excluding carboxylic acids is 1. The fourth-order valence-electron chi connectivity index (χ4n) is 3.07. The van der Waals surface area contributed by atoms with Gasteiger partial charge in [0.05, 0.1) is 24.5 Å². The highest BCUT2D eigenvalue weighted by Crippen LogP contribution is 2.36. The van der Waals surface area contributed by atoms with Gasteiger partial charge in [-0.15, -0.1) is 0 Å². The van der Waals surface area contributed by atoms with Gasteiger partial charge in [0.2, 0.25) is 0 Å². The van der Waals surface area contributed by atoms with E-state index in [0.29, 0.717) is 6.61 Å². The Bertz CT molecular complexity index is 654. The molecule has 0 saturated carbocycles. The third kappa shape index (κ3) is 7.56. The van der Waals surface area contributed by atoms with Gasteiger partial charge < -0.3 is 9.47 Å². The summed E-state index contributed by atoms with van der Waals surface area (Å²) in [7, 11) is 0. The van der Waals surface area contributed by atoms with Crippen molar-refractivity contribution in [2.45, 2.75) is 97.0 Å². The first-order chi connectivity index (χ1) is 13.8. The second-order valence-corrected chi connectivity index (χ2v) is 8.99. The van der Waals surface area contributed by atoms with Crippen LogP contribution in [0.15, 0.2) is 12.3 Å². The zero-order valence-electron chi connectivity index (χ0n) is 19.3. The Morgan fingerprint density at radius 2 is 2.00 bits per heavy atom. The third-order valence-electron chi connectivity index (χ3n) is 4.56. The highest BCUT2D eigenvalue weighted by molar-refractivity contribution is 9.10. The maximum atomic E-state index is 12.5. The van der Waals surface area contributed by atoms with Crippen molar-refractivity contribution in [2.75, 3.05) is 13.2 Å². The van der Waals surface area contributed by atoms with Gasteiger partial charge in [0.1, 0.15) is 10.4 Å². The fraction of sp³-hybridized carbons (Fsp3) is 0.739. The SMILES string of the molecule is CC.CC(C)(C)OC(=O)C(Br)C1=CCCc2cnn([C@@H]3CCOC3)c21.CCCC. The van der Waals surface area contributed by atoms with Gasteiger partial charge in [-0.1, -0.05) is 62.5 Å². The number of esters is 1. The summed E-state index contributed by atoms with van der Waals surface area (Å²) in [4.78, 5) is 12.0. The second kappa shape index (κ2) is 12.5. The van der Waals surface area contributed by atoms with Crippen LogP contribution in [0.25, 0.3) is 5.57 Å². The van der Waals surface area contributed by atoms with Gasteiger partial charge in [-0.05, 0) is 51.2 Å². The number of aromatic nitrogens is 2. The van der Waals surface area contributed by atoms with E-state index >= 15 is 0 Å². The molecular weight excluding hydrogens is 432 g/mol. The molecule has 5 nitrogen and oxygen atoms in total. The number of ether oxygens (including phenoxy) is 2. The molecule has 1 unspecified atom stereocenters.